The summed E-state index contributed by atoms with van der Waals surface area (Å²) >= 11 is 0. The Morgan fingerprint density at radius 2 is 1.09 bits per heavy atom. The average molecular weight is 435 g/mol. The van der Waals surface area contributed by atoms with Crippen LogP contribution in [0, 0.1) is 0 Å². The molecule has 0 saturated carbocycles. The molecule has 5 aromatic carbocycles. The number of hydrogen-bond acceptors (Lipinski definition) is 2. The van der Waals surface area contributed by atoms with Crippen LogP contribution < -0.4 is 25.9 Å². The largest absolute Gasteiger partial charge is 0.458 e. The monoisotopic (exact) mass is 435 g/mol. The van der Waals surface area contributed by atoms with Crippen LogP contribution >= 0.6 is 0 Å². The second-order valence-corrected chi connectivity index (χ2v) is 8.91. The first-order valence-corrected chi connectivity index (χ1v) is 11.6. The minimum absolute atomic E-state index is 0.0629. The lowest BCUT2D eigenvalue weighted by molar-refractivity contribution is 0.463. The van der Waals surface area contributed by atoms with Crippen molar-refractivity contribution in [3.63, 3.8) is 0 Å². The summed E-state index contributed by atoms with van der Waals surface area (Å²) in [6.45, 7) is 0.0629. The standard InChI is InChI=1S/C30H18BNO2/c1-4-13-23-19(9-1)20-10-2-5-14-24(20)32(23)25-15-7-12-22-30(25)34-28-18-8-17-27-29(28)31(22)21-11-3-6-16-26(21)33-27/h1-18H. The highest BCUT2D eigenvalue weighted by molar-refractivity contribution is 6.98. The van der Waals surface area contributed by atoms with E-state index in [1.54, 1.807) is 0 Å². The van der Waals surface area contributed by atoms with E-state index < -0.39 is 0 Å². The second kappa shape index (κ2) is 6.55. The van der Waals surface area contributed by atoms with E-state index in [4.69, 9.17) is 9.47 Å². The van der Waals surface area contributed by atoms with Crippen LogP contribution in [0.4, 0.5) is 0 Å². The third kappa shape index (κ3) is 2.27. The van der Waals surface area contributed by atoms with Crippen LogP contribution in [0.25, 0.3) is 27.5 Å². The van der Waals surface area contributed by atoms with E-state index in [0.717, 1.165) is 39.6 Å². The molecule has 0 aliphatic carbocycles. The number of ether oxygens (including phenoxy) is 2. The summed E-state index contributed by atoms with van der Waals surface area (Å²) in [4.78, 5) is 0. The fourth-order valence-corrected chi connectivity index (χ4v) is 5.74. The van der Waals surface area contributed by atoms with Gasteiger partial charge in [-0.25, -0.2) is 0 Å². The quantitative estimate of drug-likeness (QED) is 0.318. The van der Waals surface area contributed by atoms with Crippen LogP contribution in [0.2, 0.25) is 0 Å². The molecule has 0 N–H and O–H groups in total. The molecule has 0 saturated heterocycles. The maximum absolute atomic E-state index is 6.69. The number of hydrogen-bond donors (Lipinski definition) is 0. The number of aromatic nitrogens is 1. The average Bonchev–Trinajstić information content (AvgIpc) is 3.23. The normalized spacial score (nSPS) is 13.1. The minimum Gasteiger partial charge on any atom is -0.458 e. The Hall–Kier alpha value is -4.44. The van der Waals surface area contributed by atoms with Gasteiger partial charge in [-0.3, -0.25) is 0 Å². The highest BCUT2D eigenvalue weighted by Crippen LogP contribution is 2.39. The van der Waals surface area contributed by atoms with Gasteiger partial charge in [0.05, 0.1) is 16.7 Å². The molecule has 0 atom stereocenters. The Balaban J connectivity index is 1.47. The zero-order chi connectivity index (χ0) is 22.2. The van der Waals surface area contributed by atoms with Gasteiger partial charge in [-0.15, -0.1) is 0 Å². The van der Waals surface area contributed by atoms with Crippen molar-refractivity contribution in [2.45, 2.75) is 0 Å². The molecule has 4 heteroatoms. The Bertz CT molecular complexity index is 1730. The van der Waals surface area contributed by atoms with Crippen LogP contribution in [0.5, 0.6) is 23.0 Å². The van der Waals surface area contributed by atoms with Crippen LogP contribution in [-0.4, -0.2) is 11.3 Å². The predicted molar refractivity (Wildman–Crippen MR) is 138 cm³/mol. The molecule has 6 aromatic rings. The molecule has 1 aromatic heterocycles. The highest BCUT2D eigenvalue weighted by atomic mass is 16.5. The van der Waals surface area contributed by atoms with Gasteiger partial charge in [0.15, 0.2) is 0 Å². The summed E-state index contributed by atoms with van der Waals surface area (Å²) in [6.07, 6.45) is 0. The van der Waals surface area contributed by atoms with Gasteiger partial charge in [-0.05, 0) is 47.3 Å². The first kappa shape index (κ1) is 18.0. The molecule has 2 aliphatic heterocycles. The SMILES string of the molecule is c1ccc2c(c1)Oc1cccc3c1B2c1cccc(-n2c4ccccc4c4ccccc42)c1O3. The van der Waals surface area contributed by atoms with Crippen molar-refractivity contribution in [3.05, 3.63) is 109 Å². The lowest BCUT2D eigenvalue weighted by atomic mass is 9.35. The summed E-state index contributed by atoms with van der Waals surface area (Å²) < 4.78 is 15.3. The summed E-state index contributed by atoms with van der Waals surface area (Å²) in [6, 6.07) is 38.1. The minimum atomic E-state index is 0.0629. The smallest absolute Gasteiger partial charge is 0.260 e. The van der Waals surface area contributed by atoms with Crippen molar-refractivity contribution in [2.24, 2.45) is 0 Å². The molecule has 0 unspecified atom stereocenters. The molecule has 0 spiro atoms. The molecule has 8 rings (SSSR count). The Labute approximate surface area is 196 Å². The van der Waals surface area contributed by atoms with Gasteiger partial charge < -0.3 is 14.0 Å². The van der Waals surface area contributed by atoms with Crippen molar-refractivity contribution in [1.82, 2.24) is 4.57 Å². The molecule has 34 heavy (non-hydrogen) atoms. The van der Waals surface area contributed by atoms with Crippen molar-refractivity contribution >= 4 is 44.9 Å². The van der Waals surface area contributed by atoms with Crippen LogP contribution in [0.3, 0.4) is 0 Å². The maximum atomic E-state index is 6.69. The van der Waals surface area contributed by atoms with E-state index in [1.807, 2.05) is 18.2 Å². The maximum Gasteiger partial charge on any atom is 0.260 e. The van der Waals surface area contributed by atoms with Gasteiger partial charge in [-0.1, -0.05) is 72.8 Å². The zero-order valence-corrected chi connectivity index (χ0v) is 18.2. The van der Waals surface area contributed by atoms with Crippen molar-refractivity contribution in [2.75, 3.05) is 0 Å². The summed E-state index contributed by atoms with van der Waals surface area (Å²) in [5.74, 6) is 3.54. The van der Waals surface area contributed by atoms with Gasteiger partial charge in [0, 0.05) is 16.2 Å². The van der Waals surface area contributed by atoms with E-state index in [-0.39, 0.29) is 6.71 Å². The van der Waals surface area contributed by atoms with Gasteiger partial charge >= 0.3 is 0 Å². The van der Waals surface area contributed by atoms with Crippen LogP contribution in [-0.2, 0) is 0 Å². The van der Waals surface area contributed by atoms with Crippen molar-refractivity contribution in [3.8, 4) is 28.7 Å². The molecule has 0 amide bonds. The van der Waals surface area contributed by atoms with Gasteiger partial charge in [0.25, 0.3) is 6.71 Å². The highest BCUT2D eigenvalue weighted by Gasteiger charge is 2.40. The van der Waals surface area contributed by atoms with E-state index in [1.165, 1.54) is 27.3 Å². The predicted octanol–water partition coefficient (Wildman–Crippen LogP) is 5.51. The molecule has 0 fully saturated rings. The number of benzene rings is 5. The Morgan fingerprint density at radius 1 is 0.500 bits per heavy atom. The van der Waals surface area contributed by atoms with Gasteiger partial charge in [-0.2, -0.15) is 0 Å². The number of para-hydroxylation sites is 4. The molecule has 3 nitrogen and oxygen atoms in total. The Kier molecular flexibility index (Phi) is 3.48. The third-order valence-electron chi connectivity index (χ3n) is 7.13. The second-order valence-electron chi connectivity index (χ2n) is 8.91. The lowest BCUT2D eigenvalue weighted by Crippen LogP contribution is -2.57. The molecule has 2 aliphatic rings. The molecule has 0 radical (unpaired) electrons. The number of rotatable bonds is 1. The Morgan fingerprint density at radius 3 is 1.88 bits per heavy atom. The third-order valence-corrected chi connectivity index (χ3v) is 7.13. The summed E-state index contributed by atoms with van der Waals surface area (Å²) in [7, 11) is 0. The molecular weight excluding hydrogens is 417 g/mol. The molecular formula is C30H18BNO2. The molecule has 0 bridgehead atoms. The topological polar surface area (TPSA) is 23.4 Å². The number of nitrogens with zero attached hydrogens (tertiary/aromatic N) is 1. The van der Waals surface area contributed by atoms with E-state index in [2.05, 4.69) is 95.6 Å². The van der Waals surface area contributed by atoms with Gasteiger partial charge in [0.2, 0.25) is 0 Å². The van der Waals surface area contributed by atoms with Crippen LogP contribution in [0.1, 0.15) is 0 Å². The summed E-state index contributed by atoms with van der Waals surface area (Å²) in [5, 5.41) is 2.48. The van der Waals surface area contributed by atoms with E-state index in [0.29, 0.717) is 0 Å². The lowest BCUT2D eigenvalue weighted by Gasteiger charge is -2.33. The van der Waals surface area contributed by atoms with Crippen molar-refractivity contribution < 1.29 is 9.47 Å². The molecule has 158 valence electrons. The van der Waals surface area contributed by atoms with E-state index >= 15 is 0 Å². The van der Waals surface area contributed by atoms with Gasteiger partial charge in [0.1, 0.15) is 23.0 Å². The van der Waals surface area contributed by atoms with E-state index in [9.17, 15) is 0 Å². The summed E-state index contributed by atoms with van der Waals surface area (Å²) in [5.41, 5.74) is 6.84. The number of fused-ring (bicyclic) bond motifs is 7. The van der Waals surface area contributed by atoms with Crippen LogP contribution in [0.15, 0.2) is 109 Å². The fourth-order valence-electron chi connectivity index (χ4n) is 5.74. The first-order valence-electron chi connectivity index (χ1n) is 11.6. The first-order chi connectivity index (χ1) is 16.9. The van der Waals surface area contributed by atoms with Crippen molar-refractivity contribution in [1.29, 1.82) is 0 Å². The fraction of sp³-hybridized carbons (Fsp3) is 0. The molecule has 3 heterocycles. The zero-order valence-electron chi connectivity index (χ0n) is 18.2.